The molecule has 0 spiro atoms. The Labute approximate surface area is 151 Å². The Kier molecular flexibility index (Phi) is 4.63. The van der Waals surface area contributed by atoms with Gasteiger partial charge in [-0.15, -0.1) is 0 Å². The molecule has 0 aliphatic carbocycles. The number of rotatable bonds is 4. The van der Waals surface area contributed by atoms with Crippen molar-refractivity contribution in [3.05, 3.63) is 65.0 Å². The molecule has 0 saturated heterocycles. The predicted molar refractivity (Wildman–Crippen MR) is 88.5 cm³/mol. The summed E-state index contributed by atoms with van der Waals surface area (Å²) in [4.78, 5) is 19.5. The third-order valence-corrected chi connectivity index (χ3v) is 4.39. The van der Waals surface area contributed by atoms with Crippen LogP contribution in [0.3, 0.4) is 0 Å². The highest BCUT2D eigenvalue weighted by Crippen LogP contribution is 2.44. The monoisotopic (exact) mass is 381 g/mol. The molecule has 2 N–H and O–H groups in total. The largest absolute Gasteiger partial charge is 0.459 e. The molecule has 0 amide bonds. The third kappa shape index (κ3) is 3.36. The van der Waals surface area contributed by atoms with Gasteiger partial charge in [0, 0.05) is 18.2 Å². The number of ketones is 1. The van der Waals surface area contributed by atoms with Gasteiger partial charge >= 0.3 is 5.92 Å². The summed E-state index contributed by atoms with van der Waals surface area (Å²) in [5.74, 6) is -5.94. The smallest absolute Gasteiger partial charge is 0.310 e. The van der Waals surface area contributed by atoms with Crippen LogP contribution in [0.15, 0.2) is 41.5 Å². The fourth-order valence-electron chi connectivity index (χ4n) is 2.81. The zero-order valence-electron chi connectivity index (χ0n) is 14.2. The Morgan fingerprint density at radius 2 is 2.00 bits per heavy atom. The van der Waals surface area contributed by atoms with Gasteiger partial charge in [-0.3, -0.25) is 9.78 Å². The molecule has 0 fully saturated rings. The van der Waals surface area contributed by atoms with Gasteiger partial charge in [0.2, 0.25) is 0 Å². The molecule has 142 valence electrons. The lowest BCUT2D eigenvalue weighted by Gasteiger charge is -2.37. The number of aliphatic imine (C=N–C) groups is 1. The summed E-state index contributed by atoms with van der Waals surface area (Å²) in [6.45, 7) is -0.0224. The Bertz CT molecular complexity index is 933. The summed E-state index contributed by atoms with van der Waals surface area (Å²) in [7, 11) is 0. The molecular weight excluding hydrogens is 366 g/mol. The maximum absolute atomic E-state index is 14.4. The van der Waals surface area contributed by atoms with E-state index in [9.17, 15) is 22.4 Å². The molecule has 3 rings (SSSR count). The van der Waals surface area contributed by atoms with Crippen LogP contribution in [0.1, 0.15) is 28.5 Å². The van der Waals surface area contributed by atoms with Crippen molar-refractivity contribution in [3.63, 3.8) is 0 Å². The van der Waals surface area contributed by atoms with E-state index in [1.807, 2.05) is 0 Å². The van der Waals surface area contributed by atoms with Gasteiger partial charge in [-0.05, 0) is 36.8 Å². The highest BCUT2D eigenvalue weighted by molar-refractivity contribution is 5.96. The van der Waals surface area contributed by atoms with Crippen molar-refractivity contribution in [1.82, 2.24) is 4.98 Å². The number of hydrogen-bond donors (Lipinski definition) is 1. The molecule has 0 bridgehead atoms. The predicted octanol–water partition coefficient (Wildman–Crippen LogP) is 2.98. The molecule has 1 aromatic carbocycles. The van der Waals surface area contributed by atoms with Crippen LogP contribution in [-0.2, 0) is 16.7 Å². The molecule has 0 saturated carbocycles. The molecule has 0 radical (unpaired) electrons. The van der Waals surface area contributed by atoms with E-state index in [2.05, 4.69) is 14.7 Å². The van der Waals surface area contributed by atoms with Gasteiger partial charge in [-0.25, -0.2) is 13.8 Å². The molecule has 0 unspecified atom stereocenters. The van der Waals surface area contributed by atoms with Crippen LogP contribution in [0.4, 0.5) is 17.6 Å². The Hall–Kier alpha value is -2.97. The lowest BCUT2D eigenvalue weighted by atomic mass is 9.84. The highest BCUT2D eigenvalue weighted by Gasteiger charge is 2.56. The fourth-order valence-corrected chi connectivity index (χ4v) is 2.81. The number of ether oxygens (including phenoxy) is 1. The maximum Gasteiger partial charge on any atom is 0.310 e. The van der Waals surface area contributed by atoms with Crippen molar-refractivity contribution in [3.8, 4) is 0 Å². The second kappa shape index (κ2) is 6.64. The van der Waals surface area contributed by atoms with Crippen LogP contribution >= 0.6 is 0 Å². The molecule has 9 heteroatoms. The van der Waals surface area contributed by atoms with Crippen LogP contribution in [0, 0.1) is 11.6 Å². The van der Waals surface area contributed by atoms with Gasteiger partial charge in [0.1, 0.15) is 11.5 Å². The number of carbonyl (C=O) groups is 1. The molecule has 1 atom stereocenters. The summed E-state index contributed by atoms with van der Waals surface area (Å²) >= 11 is 0. The Morgan fingerprint density at radius 3 is 2.70 bits per heavy atom. The number of aromatic nitrogens is 1. The Morgan fingerprint density at radius 1 is 1.26 bits per heavy atom. The summed E-state index contributed by atoms with van der Waals surface area (Å²) in [6, 6.07) is 5.24. The minimum absolute atomic E-state index is 0.207. The first-order valence-electron chi connectivity index (χ1n) is 7.92. The van der Waals surface area contributed by atoms with Crippen molar-refractivity contribution in [2.75, 3.05) is 6.61 Å². The lowest BCUT2D eigenvalue weighted by molar-refractivity contribution is -0.117. The van der Waals surface area contributed by atoms with Crippen LogP contribution in [-0.4, -0.2) is 29.3 Å². The molecule has 2 aromatic rings. The topological polar surface area (TPSA) is 77.6 Å². The highest BCUT2D eigenvalue weighted by atomic mass is 19.3. The number of amidine groups is 1. The van der Waals surface area contributed by atoms with Crippen molar-refractivity contribution < 1.29 is 27.1 Å². The SMILES string of the molecule is C[C@]1(c2cc(CC(=O)c3ncccc3F)ccc2F)N=C(N)OCC1(F)F. The third-order valence-electron chi connectivity index (χ3n) is 4.39. The van der Waals surface area contributed by atoms with Gasteiger partial charge in [-0.1, -0.05) is 6.07 Å². The second-order valence-electron chi connectivity index (χ2n) is 6.26. The normalized spacial score (nSPS) is 21.3. The van der Waals surface area contributed by atoms with E-state index >= 15 is 0 Å². The number of hydrogen-bond acceptors (Lipinski definition) is 5. The molecule has 1 aliphatic rings. The van der Waals surface area contributed by atoms with E-state index in [0.717, 1.165) is 25.1 Å². The number of alkyl halides is 2. The standard InChI is InChI=1S/C18H15F4N3O2/c1-17(18(21,22)9-27-16(23)25-17)11-7-10(4-5-12(11)19)8-14(26)15-13(20)3-2-6-24-15/h2-7H,8-9H2,1H3,(H2,23,25)/t17-/m1/s1. The van der Waals surface area contributed by atoms with Gasteiger partial charge in [0.25, 0.3) is 6.02 Å². The van der Waals surface area contributed by atoms with Gasteiger partial charge < -0.3 is 10.5 Å². The number of nitrogens with two attached hydrogens (primary N) is 1. The van der Waals surface area contributed by atoms with Crippen molar-refractivity contribution in [1.29, 1.82) is 0 Å². The van der Waals surface area contributed by atoms with E-state index in [-0.39, 0.29) is 17.7 Å². The maximum atomic E-state index is 14.4. The van der Waals surface area contributed by atoms with Gasteiger partial charge in [-0.2, -0.15) is 8.78 Å². The fraction of sp³-hybridized carbons (Fsp3) is 0.278. The number of nitrogens with zero attached hydrogens (tertiary/aromatic N) is 2. The second-order valence-corrected chi connectivity index (χ2v) is 6.26. The van der Waals surface area contributed by atoms with Crippen molar-refractivity contribution in [2.45, 2.75) is 24.8 Å². The first-order chi connectivity index (χ1) is 12.6. The Balaban J connectivity index is 1.99. The van der Waals surface area contributed by atoms with Crippen LogP contribution in [0.25, 0.3) is 0 Å². The van der Waals surface area contributed by atoms with Crippen LogP contribution < -0.4 is 5.73 Å². The lowest BCUT2D eigenvalue weighted by Crippen LogP contribution is -2.51. The first kappa shape index (κ1) is 18.8. The number of pyridine rings is 1. The average molecular weight is 381 g/mol. The van der Waals surface area contributed by atoms with Crippen LogP contribution in [0.5, 0.6) is 0 Å². The number of halogens is 4. The molecule has 1 aliphatic heterocycles. The summed E-state index contributed by atoms with van der Waals surface area (Å²) in [6.07, 6.45) is 0.909. The van der Waals surface area contributed by atoms with Crippen molar-refractivity contribution >= 4 is 11.8 Å². The number of carbonyl (C=O) groups excluding carboxylic acids is 1. The van der Waals surface area contributed by atoms with Gasteiger partial charge in [0.05, 0.1) is 0 Å². The molecule has 2 heterocycles. The van der Waals surface area contributed by atoms with E-state index in [0.29, 0.717) is 0 Å². The van der Waals surface area contributed by atoms with Crippen molar-refractivity contribution in [2.24, 2.45) is 10.7 Å². The zero-order chi connectivity index (χ0) is 19.8. The van der Waals surface area contributed by atoms with E-state index in [4.69, 9.17) is 5.73 Å². The summed E-state index contributed by atoms with van der Waals surface area (Å²) < 4.78 is 61.5. The van der Waals surface area contributed by atoms with Gasteiger partial charge in [0.15, 0.2) is 23.7 Å². The average Bonchev–Trinajstić information content (AvgIpc) is 2.60. The molecule has 5 nitrogen and oxygen atoms in total. The van der Waals surface area contributed by atoms with E-state index in [1.54, 1.807) is 0 Å². The summed E-state index contributed by atoms with van der Waals surface area (Å²) in [5, 5.41) is 0. The first-order valence-corrected chi connectivity index (χ1v) is 7.92. The van der Waals surface area contributed by atoms with Crippen LogP contribution in [0.2, 0.25) is 0 Å². The molecule has 1 aromatic heterocycles. The zero-order valence-corrected chi connectivity index (χ0v) is 14.2. The number of benzene rings is 1. The molecular formula is C18H15F4N3O2. The number of Topliss-reactive ketones (excluding diaryl/α,β-unsaturated/α-hetero) is 1. The minimum Gasteiger partial charge on any atom is -0.459 e. The minimum atomic E-state index is -3.54. The molecule has 27 heavy (non-hydrogen) atoms. The summed E-state index contributed by atoms with van der Waals surface area (Å²) in [5.41, 5.74) is 2.47. The van der Waals surface area contributed by atoms with E-state index in [1.165, 1.54) is 18.3 Å². The van der Waals surface area contributed by atoms with E-state index < -0.39 is 47.1 Å². The quantitative estimate of drug-likeness (QED) is 0.653.